The molecule has 42 heavy (non-hydrogen) atoms. The number of aliphatic hydroxyl groups excluding tert-OH is 1. The van der Waals surface area contributed by atoms with E-state index in [2.05, 4.69) is 37.7 Å². The molecule has 10 nitrogen and oxygen atoms in total. The molecule has 1 saturated heterocycles. The summed E-state index contributed by atoms with van der Waals surface area (Å²) >= 11 is 6.38. The number of halogens is 1. The molecule has 0 spiro atoms. The van der Waals surface area contributed by atoms with Crippen LogP contribution in [0, 0.1) is 0 Å². The topological polar surface area (TPSA) is 128 Å². The molecule has 2 fully saturated rings. The molecule has 2 aliphatic rings. The van der Waals surface area contributed by atoms with Crippen LogP contribution in [0.25, 0.3) is 0 Å². The number of hydrogen-bond acceptors (Lipinski definition) is 7. The Morgan fingerprint density at radius 2 is 1.76 bits per heavy atom. The molecule has 1 aliphatic heterocycles. The predicted molar refractivity (Wildman–Crippen MR) is 165 cm³/mol. The Labute approximate surface area is 250 Å². The van der Waals surface area contributed by atoms with E-state index >= 15 is 0 Å². The van der Waals surface area contributed by atoms with Crippen molar-refractivity contribution in [2.24, 2.45) is 0 Å². The standard InChI is InChI=1S/C31H35ClN6O4/c1-2-30(40)36-28-17-20(10-14-38-15-11-22(39)12-16-38)3-7-27(28)35-29-19-24(9-13-33-29)42-23-6-8-26(25(32)18-23)37-31(41)34-21-4-5-21/h2-3,6-9,13,17-19,21-22,39H,1,4-5,10-12,14-16H2,(H,33,35)(H,36,40)(H2,34,37,41). The molecule has 220 valence electrons. The second-order valence-electron chi connectivity index (χ2n) is 10.5. The van der Waals surface area contributed by atoms with E-state index in [1.54, 1.807) is 36.5 Å². The number of aromatic nitrogens is 1. The van der Waals surface area contributed by atoms with Gasteiger partial charge >= 0.3 is 6.03 Å². The van der Waals surface area contributed by atoms with Crippen LogP contribution in [0.3, 0.4) is 0 Å². The number of piperidine rings is 1. The van der Waals surface area contributed by atoms with Gasteiger partial charge in [0.25, 0.3) is 0 Å². The molecule has 3 amide bonds. The van der Waals surface area contributed by atoms with Crippen LogP contribution in [0.15, 0.2) is 67.4 Å². The number of rotatable bonds is 11. The fourth-order valence-corrected chi connectivity index (χ4v) is 4.84. The van der Waals surface area contributed by atoms with Crippen molar-refractivity contribution in [3.05, 3.63) is 78.0 Å². The Balaban J connectivity index is 1.24. The Bertz CT molecular complexity index is 1440. The number of carbonyl (C=O) groups is 2. The van der Waals surface area contributed by atoms with Crippen LogP contribution in [0.1, 0.15) is 31.2 Å². The summed E-state index contributed by atoms with van der Waals surface area (Å²) in [4.78, 5) is 31.0. The number of benzene rings is 2. The van der Waals surface area contributed by atoms with Gasteiger partial charge in [-0.2, -0.15) is 0 Å². The summed E-state index contributed by atoms with van der Waals surface area (Å²) in [6.07, 6.45) is 7.06. The number of ether oxygens (including phenoxy) is 1. The lowest BCUT2D eigenvalue weighted by Crippen LogP contribution is -2.37. The predicted octanol–water partition coefficient (Wildman–Crippen LogP) is 5.68. The zero-order valence-corrected chi connectivity index (χ0v) is 24.0. The minimum absolute atomic E-state index is 0.198. The van der Waals surface area contributed by atoms with Crippen LogP contribution in [-0.4, -0.2) is 58.7 Å². The second kappa shape index (κ2) is 13.7. The first-order valence-electron chi connectivity index (χ1n) is 14.1. The minimum Gasteiger partial charge on any atom is -0.457 e. The summed E-state index contributed by atoms with van der Waals surface area (Å²) in [6, 6.07) is 14.3. The van der Waals surface area contributed by atoms with Crippen molar-refractivity contribution in [2.75, 3.05) is 35.6 Å². The van der Waals surface area contributed by atoms with Crippen LogP contribution >= 0.6 is 11.6 Å². The maximum absolute atomic E-state index is 12.2. The van der Waals surface area contributed by atoms with E-state index < -0.39 is 0 Å². The van der Waals surface area contributed by atoms with Gasteiger partial charge in [-0.15, -0.1) is 0 Å². The maximum Gasteiger partial charge on any atom is 0.319 e. The van der Waals surface area contributed by atoms with Crippen molar-refractivity contribution >= 4 is 46.4 Å². The number of aliphatic hydroxyl groups is 1. The van der Waals surface area contributed by atoms with E-state index in [4.69, 9.17) is 16.3 Å². The summed E-state index contributed by atoms with van der Waals surface area (Å²) in [5.74, 6) is 1.22. The molecule has 2 heterocycles. The van der Waals surface area contributed by atoms with Gasteiger partial charge in [0.15, 0.2) is 0 Å². The fourth-order valence-electron chi connectivity index (χ4n) is 4.62. The van der Waals surface area contributed by atoms with E-state index in [1.165, 1.54) is 6.08 Å². The Morgan fingerprint density at radius 1 is 1.00 bits per heavy atom. The van der Waals surface area contributed by atoms with Gasteiger partial charge in [-0.25, -0.2) is 9.78 Å². The zero-order valence-electron chi connectivity index (χ0n) is 23.2. The molecule has 11 heteroatoms. The van der Waals surface area contributed by atoms with Crippen LogP contribution < -0.4 is 26.0 Å². The van der Waals surface area contributed by atoms with Crippen molar-refractivity contribution < 1.29 is 19.4 Å². The molecule has 1 saturated carbocycles. The van der Waals surface area contributed by atoms with E-state index in [9.17, 15) is 14.7 Å². The monoisotopic (exact) mass is 590 g/mol. The normalized spacial score (nSPS) is 15.5. The van der Waals surface area contributed by atoms with Crippen LogP contribution in [0.5, 0.6) is 11.5 Å². The third-order valence-electron chi connectivity index (χ3n) is 7.13. The van der Waals surface area contributed by atoms with Crippen molar-refractivity contribution in [3.8, 4) is 11.5 Å². The van der Waals surface area contributed by atoms with Gasteiger partial charge in [0.2, 0.25) is 5.91 Å². The molecule has 1 aromatic heterocycles. The number of nitrogens with one attached hydrogen (secondary N) is 4. The summed E-state index contributed by atoms with van der Waals surface area (Å²) < 4.78 is 6.00. The van der Waals surface area contributed by atoms with Crippen molar-refractivity contribution in [2.45, 2.75) is 44.2 Å². The number of hydrogen-bond donors (Lipinski definition) is 5. The van der Waals surface area contributed by atoms with Crippen molar-refractivity contribution in [1.29, 1.82) is 0 Å². The summed E-state index contributed by atoms with van der Waals surface area (Å²) in [6.45, 7) is 6.21. The summed E-state index contributed by atoms with van der Waals surface area (Å²) in [5.41, 5.74) is 2.85. The number of pyridine rings is 1. The van der Waals surface area contributed by atoms with Gasteiger partial charge < -0.3 is 36.0 Å². The molecule has 0 bridgehead atoms. The number of amides is 3. The molecular formula is C31H35ClN6O4. The highest BCUT2D eigenvalue weighted by Gasteiger charge is 2.23. The smallest absolute Gasteiger partial charge is 0.319 e. The summed E-state index contributed by atoms with van der Waals surface area (Å²) in [5, 5.41) is 21.9. The number of carbonyl (C=O) groups excluding carboxylic acids is 2. The number of anilines is 4. The van der Waals surface area contributed by atoms with E-state index in [0.29, 0.717) is 39.4 Å². The van der Waals surface area contributed by atoms with Gasteiger partial charge in [0.05, 0.1) is 28.2 Å². The SMILES string of the molecule is C=CC(=O)Nc1cc(CCN2CCC(O)CC2)ccc1Nc1cc(Oc2ccc(NC(=O)NC3CC3)c(Cl)c2)ccn1. The fraction of sp³-hybridized carbons (Fsp3) is 0.323. The highest BCUT2D eigenvalue weighted by molar-refractivity contribution is 6.33. The average molecular weight is 591 g/mol. The first kappa shape index (κ1) is 29.4. The maximum atomic E-state index is 12.2. The molecule has 1 aliphatic carbocycles. The lowest BCUT2D eigenvalue weighted by molar-refractivity contribution is -0.111. The molecule has 5 N–H and O–H groups in total. The highest BCUT2D eigenvalue weighted by Crippen LogP contribution is 2.32. The van der Waals surface area contributed by atoms with Crippen LogP contribution in [-0.2, 0) is 11.2 Å². The molecule has 0 radical (unpaired) electrons. The second-order valence-corrected chi connectivity index (χ2v) is 10.9. The molecule has 0 atom stereocenters. The van der Waals surface area contributed by atoms with Gasteiger partial charge in [0, 0.05) is 44.0 Å². The number of nitrogens with zero attached hydrogens (tertiary/aromatic N) is 2. The van der Waals surface area contributed by atoms with Crippen LogP contribution in [0.4, 0.5) is 27.7 Å². The largest absolute Gasteiger partial charge is 0.457 e. The van der Waals surface area contributed by atoms with Crippen LogP contribution in [0.2, 0.25) is 5.02 Å². The molecule has 0 unspecified atom stereocenters. The molecule has 2 aromatic carbocycles. The lowest BCUT2D eigenvalue weighted by Gasteiger charge is -2.29. The molecule has 3 aromatic rings. The average Bonchev–Trinajstić information content (AvgIpc) is 3.79. The Hall–Kier alpha value is -4.12. The number of urea groups is 1. The third kappa shape index (κ3) is 8.45. The molecule has 5 rings (SSSR count). The lowest BCUT2D eigenvalue weighted by atomic mass is 10.1. The van der Waals surface area contributed by atoms with Gasteiger partial charge in [-0.3, -0.25) is 4.79 Å². The first-order chi connectivity index (χ1) is 20.3. The Morgan fingerprint density at radius 3 is 2.50 bits per heavy atom. The quantitative estimate of drug-likeness (QED) is 0.182. The number of likely N-dealkylation sites (tertiary alicyclic amines) is 1. The molecular weight excluding hydrogens is 556 g/mol. The van der Waals surface area contributed by atoms with Crippen molar-refractivity contribution in [1.82, 2.24) is 15.2 Å². The van der Waals surface area contributed by atoms with E-state index in [0.717, 1.165) is 57.3 Å². The first-order valence-corrected chi connectivity index (χ1v) is 14.5. The van der Waals surface area contributed by atoms with Gasteiger partial charge in [0.1, 0.15) is 17.3 Å². The van der Waals surface area contributed by atoms with E-state index in [-0.39, 0.29) is 24.1 Å². The zero-order chi connectivity index (χ0) is 29.5. The minimum atomic E-state index is -0.315. The highest BCUT2D eigenvalue weighted by atomic mass is 35.5. The van der Waals surface area contributed by atoms with E-state index in [1.807, 2.05) is 18.2 Å². The third-order valence-corrected chi connectivity index (χ3v) is 7.44. The van der Waals surface area contributed by atoms with Gasteiger partial charge in [-0.05, 0) is 74.1 Å². The Kier molecular flexibility index (Phi) is 9.58. The van der Waals surface area contributed by atoms with Gasteiger partial charge in [-0.1, -0.05) is 24.2 Å². The van der Waals surface area contributed by atoms with Crippen molar-refractivity contribution in [3.63, 3.8) is 0 Å². The summed E-state index contributed by atoms with van der Waals surface area (Å²) in [7, 11) is 0.